The Labute approximate surface area is 155 Å². The Balaban J connectivity index is 1.75. The Kier molecular flexibility index (Phi) is 7.16. The Morgan fingerprint density at radius 2 is 1.77 bits per heavy atom. The third kappa shape index (κ3) is 6.15. The summed E-state index contributed by atoms with van der Waals surface area (Å²) in [5.74, 6) is 0.504. The van der Waals surface area contributed by atoms with E-state index < -0.39 is 0 Å². The Bertz CT molecular complexity index is 711. The van der Waals surface area contributed by atoms with E-state index in [1.54, 1.807) is 12.1 Å². The average molecular weight is 358 g/mol. The fraction of sp³-hybridized carbons (Fsp3) is 0.381. The van der Waals surface area contributed by atoms with Gasteiger partial charge >= 0.3 is 0 Å². The number of halogens is 1. The van der Waals surface area contributed by atoms with E-state index in [0.717, 1.165) is 11.3 Å². The van der Waals surface area contributed by atoms with Crippen molar-refractivity contribution in [1.29, 1.82) is 0 Å². The van der Waals surface area contributed by atoms with Crippen LogP contribution in [0.2, 0.25) is 0 Å². The van der Waals surface area contributed by atoms with E-state index in [4.69, 9.17) is 4.74 Å². The van der Waals surface area contributed by atoms with Gasteiger partial charge in [-0.1, -0.05) is 18.2 Å². The van der Waals surface area contributed by atoms with Gasteiger partial charge < -0.3 is 10.1 Å². The van der Waals surface area contributed by atoms with Crippen molar-refractivity contribution in [2.45, 2.75) is 33.4 Å². The molecule has 0 fully saturated rings. The van der Waals surface area contributed by atoms with Crippen LogP contribution < -0.4 is 10.1 Å². The summed E-state index contributed by atoms with van der Waals surface area (Å²) in [5, 5.41) is 2.88. The molecule has 0 bridgehead atoms. The first-order valence-corrected chi connectivity index (χ1v) is 8.78. The van der Waals surface area contributed by atoms with Gasteiger partial charge in [0, 0.05) is 13.1 Å². The minimum Gasteiger partial charge on any atom is -0.492 e. The summed E-state index contributed by atoms with van der Waals surface area (Å²) < 4.78 is 18.7. The summed E-state index contributed by atoms with van der Waals surface area (Å²) >= 11 is 0. The summed E-state index contributed by atoms with van der Waals surface area (Å²) in [6.07, 6.45) is 0. The van der Waals surface area contributed by atoms with Crippen LogP contribution in [0.5, 0.6) is 5.75 Å². The second-order valence-electron chi connectivity index (χ2n) is 6.67. The van der Waals surface area contributed by atoms with E-state index in [-0.39, 0.29) is 17.8 Å². The van der Waals surface area contributed by atoms with Gasteiger partial charge in [-0.05, 0) is 68.8 Å². The summed E-state index contributed by atoms with van der Waals surface area (Å²) in [6.45, 7) is 7.47. The first kappa shape index (κ1) is 19.9. The highest BCUT2D eigenvalue weighted by atomic mass is 19.1. The van der Waals surface area contributed by atoms with Crippen LogP contribution in [0.1, 0.15) is 23.6 Å². The number of carbonyl (C=O) groups is 1. The zero-order valence-corrected chi connectivity index (χ0v) is 15.9. The molecule has 4 nitrogen and oxygen atoms in total. The number of rotatable bonds is 8. The van der Waals surface area contributed by atoms with Crippen LogP contribution in [-0.2, 0) is 11.3 Å². The minimum atomic E-state index is -0.281. The quantitative estimate of drug-likeness (QED) is 0.786. The number of amides is 1. The lowest BCUT2D eigenvalue weighted by atomic mass is 10.1. The predicted octanol–water partition coefficient (Wildman–Crippen LogP) is 3.46. The van der Waals surface area contributed by atoms with E-state index in [2.05, 4.69) is 11.4 Å². The molecule has 2 rings (SSSR count). The van der Waals surface area contributed by atoms with Crippen LogP contribution in [0.3, 0.4) is 0 Å². The number of nitrogens with one attached hydrogen (secondary N) is 1. The maximum atomic E-state index is 12.9. The van der Waals surface area contributed by atoms with E-state index in [0.29, 0.717) is 19.7 Å². The van der Waals surface area contributed by atoms with Gasteiger partial charge in [0.2, 0.25) is 5.91 Å². The van der Waals surface area contributed by atoms with E-state index in [1.165, 1.54) is 23.3 Å². The summed E-state index contributed by atoms with van der Waals surface area (Å²) in [7, 11) is 1.90. The van der Waals surface area contributed by atoms with Crippen molar-refractivity contribution in [3.8, 4) is 5.75 Å². The second kappa shape index (κ2) is 9.34. The molecule has 2 aromatic carbocycles. The largest absolute Gasteiger partial charge is 0.492 e. The highest BCUT2D eigenvalue weighted by molar-refractivity contribution is 5.81. The maximum absolute atomic E-state index is 12.9. The Hall–Kier alpha value is -2.40. The molecule has 0 aliphatic heterocycles. The highest BCUT2D eigenvalue weighted by Gasteiger charge is 2.17. The zero-order chi connectivity index (χ0) is 19.1. The number of ether oxygens (including phenoxy) is 1. The summed E-state index contributed by atoms with van der Waals surface area (Å²) in [4.78, 5) is 14.2. The van der Waals surface area contributed by atoms with Crippen molar-refractivity contribution in [3.63, 3.8) is 0 Å². The molecule has 140 valence electrons. The van der Waals surface area contributed by atoms with Gasteiger partial charge in [0.15, 0.2) is 0 Å². The molecule has 0 aliphatic rings. The van der Waals surface area contributed by atoms with E-state index in [9.17, 15) is 9.18 Å². The lowest BCUT2D eigenvalue weighted by Gasteiger charge is -2.24. The first-order valence-electron chi connectivity index (χ1n) is 8.78. The number of nitrogens with zero attached hydrogens (tertiary/aromatic N) is 1. The van der Waals surface area contributed by atoms with Crippen LogP contribution in [-0.4, -0.2) is 37.0 Å². The van der Waals surface area contributed by atoms with Crippen molar-refractivity contribution < 1.29 is 13.9 Å². The maximum Gasteiger partial charge on any atom is 0.237 e. The fourth-order valence-electron chi connectivity index (χ4n) is 2.66. The molecule has 26 heavy (non-hydrogen) atoms. The highest BCUT2D eigenvalue weighted by Crippen LogP contribution is 2.16. The lowest BCUT2D eigenvalue weighted by molar-refractivity contribution is -0.125. The van der Waals surface area contributed by atoms with Gasteiger partial charge in [-0.3, -0.25) is 9.69 Å². The molecule has 0 saturated heterocycles. The predicted molar refractivity (Wildman–Crippen MR) is 102 cm³/mol. The third-order valence-corrected chi connectivity index (χ3v) is 4.33. The molecule has 0 aromatic heterocycles. The molecule has 1 amide bonds. The van der Waals surface area contributed by atoms with Gasteiger partial charge in [-0.25, -0.2) is 4.39 Å². The van der Waals surface area contributed by atoms with Crippen LogP contribution in [0.25, 0.3) is 0 Å². The van der Waals surface area contributed by atoms with Crippen LogP contribution in [0, 0.1) is 19.7 Å². The van der Waals surface area contributed by atoms with Crippen molar-refractivity contribution in [2.75, 3.05) is 20.2 Å². The minimum absolute atomic E-state index is 0.0665. The van der Waals surface area contributed by atoms with Gasteiger partial charge in [0.1, 0.15) is 18.2 Å². The third-order valence-electron chi connectivity index (χ3n) is 4.33. The van der Waals surface area contributed by atoms with Gasteiger partial charge in [0.25, 0.3) is 0 Å². The number of aryl methyl sites for hydroxylation is 2. The van der Waals surface area contributed by atoms with Gasteiger partial charge in [-0.15, -0.1) is 0 Å². The molecular weight excluding hydrogens is 331 g/mol. The van der Waals surface area contributed by atoms with Crippen molar-refractivity contribution in [3.05, 3.63) is 65.0 Å². The average Bonchev–Trinajstić information content (AvgIpc) is 2.59. The normalized spacial score (nSPS) is 12.1. The Morgan fingerprint density at radius 1 is 1.15 bits per heavy atom. The molecule has 0 radical (unpaired) electrons. The molecule has 5 heteroatoms. The molecular formula is C21H27FN2O2. The van der Waals surface area contributed by atoms with Crippen LogP contribution in [0.4, 0.5) is 4.39 Å². The summed E-state index contributed by atoms with van der Waals surface area (Å²) in [6, 6.07) is 12.0. The van der Waals surface area contributed by atoms with Crippen LogP contribution in [0.15, 0.2) is 42.5 Å². The van der Waals surface area contributed by atoms with Gasteiger partial charge in [0.05, 0.1) is 6.04 Å². The standard InChI is InChI=1S/C21H27FN2O2/c1-15-11-16(2)13-20(12-15)26-10-9-24(4)17(3)21(25)23-14-18-5-7-19(22)8-6-18/h5-8,11-13,17H,9-10,14H2,1-4H3,(H,23,25). The molecule has 1 atom stereocenters. The lowest BCUT2D eigenvalue weighted by Crippen LogP contribution is -2.44. The van der Waals surface area contributed by atoms with E-state index in [1.807, 2.05) is 44.9 Å². The van der Waals surface area contributed by atoms with Crippen molar-refractivity contribution in [1.82, 2.24) is 10.2 Å². The van der Waals surface area contributed by atoms with E-state index >= 15 is 0 Å². The molecule has 0 heterocycles. The number of carbonyl (C=O) groups excluding carboxylic acids is 1. The fourth-order valence-corrected chi connectivity index (χ4v) is 2.66. The van der Waals surface area contributed by atoms with Crippen LogP contribution >= 0.6 is 0 Å². The first-order chi connectivity index (χ1) is 12.3. The van der Waals surface area contributed by atoms with Crippen molar-refractivity contribution in [2.24, 2.45) is 0 Å². The summed E-state index contributed by atoms with van der Waals surface area (Å²) in [5.41, 5.74) is 3.21. The number of benzene rings is 2. The second-order valence-corrected chi connectivity index (χ2v) is 6.67. The van der Waals surface area contributed by atoms with Gasteiger partial charge in [-0.2, -0.15) is 0 Å². The number of likely N-dealkylation sites (N-methyl/N-ethyl adjacent to an activating group) is 1. The van der Waals surface area contributed by atoms with Crippen molar-refractivity contribution >= 4 is 5.91 Å². The number of hydrogen-bond donors (Lipinski definition) is 1. The zero-order valence-electron chi connectivity index (χ0n) is 15.9. The Morgan fingerprint density at radius 3 is 2.38 bits per heavy atom. The molecule has 0 saturated carbocycles. The topological polar surface area (TPSA) is 41.6 Å². The molecule has 0 spiro atoms. The molecule has 2 aromatic rings. The SMILES string of the molecule is Cc1cc(C)cc(OCCN(C)C(C)C(=O)NCc2ccc(F)cc2)c1. The smallest absolute Gasteiger partial charge is 0.237 e. The monoisotopic (exact) mass is 358 g/mol. The molecule has 0 aliphatic carbocycles. The number of hydrogen-bond acceptors (Lipinski definition) is 3. The molecule has 1 unspecified atom stereocenters. The molecule has 1 N–H and O–H groups in total.